The molecule has 1 aromatic heterocycles. The van der Waals surface area contributed by atoms with E-state index in [0.29, 0.717) is 16.3 Å². The fourth-order valence-electron chi connectivity index (χ4n) is 1.78. The van der Waals surface area contributed by atoms with Crippen molar-refractivity contribution in [2.24, 2.45) is 0 Å². The van der Waals surface area contributed by atoms with E-state index < -0.39 is 6.10 Å². The summed E-state index contributed by atoms with van der Waals surface area (Å²) >= 11 is 1.28. The van der Waals surface area contributed by atoms with Gasteiger partial charge in [-0.3, -0.25) is 0 Å². The van der Waals surface area contributed by atoms with Crippen LogP contribution in [0.1, 0.15) is 23.6 Å². The van der Waals surface area contributed by atoms with E-state index in [4.69, 9.17) is 4.74 Å². The second kappa shape index (κ2) is 5.04. The molecule has 0 amide bonds. The number of nitrogens with zero attached hydrogens (tertiary/aromatic N) is 1. The lowest BCUT2D eigenvalue weighted by Gasteiger charge is -2.06. The molecule has 96 valence electrons. The molecule has 0 spiro atoms. The Labute approximate surface area is 109 Å². The maximum absolute atomic E-state index is 13.9. The van der Waals surface area contributed by atoms with Crippen LogP contribution in [0.15, 0.2) is 18.2 Å². The Morgan fingerprint density at radius 1 is 1.44 bits per heavy atom. The number of rotatable bonds is 3. The van der Waals surface area contributed by atoms with Crippen molar-refractivity contribution in [2.75, 3.05) is 7.11 Å². The van der Waals surface area contributed by atoms with Crippen LogP contribution in [-0.4, -0.2) is 17.2 Å². The molecule has 0 aliphatic carbocycles. The lowest BCUT2D eigenvalue weighted by molar-refractivity contribution is 0.202. The number of aliphatic hydroxyl groups excluding tert-OH is 1. The standard InChI is InChI=1S/C13H14FNO2S/c1-7-12(8(2)16)18-13(15-7)11-9(14)5-4-6-10(11)17-3/h4-6,8,16H,1-3H3. The van der Waals surface area contributed by atoms with Gasteiger partial charge < -0.3 is 9.84 Å². The molecule has 2 rings (SSSR count). The Morgan fingerprint density at radius 2 is 2.17 bits per heavy atom. The Hall–Kier alpha value is -1.46. The normalized spacial score (nSPS) is 12.5. The van der Waals surface area contributed by atoms with Gasteiger partial charge in [-0.25, -0.2) is 9.37 Å². The van der Waals surface area contributed by atoms with Crippen molar-refractivity contribution >= 4 is 11.3 Å². The zero-order chi connectivity index (χ0) is 13.3. The highest BCUT2D eigenvalue weighted by atomic mass is 32.1. The smallest absolute Gasteiger partial charge is 0.137 e. The van der Waals surface area contributed by atoms with Gasteiger partial charge in [0.1, 0.15) is 16.6 Å². The lowest BCUT2D eigenvalue weighted by Crippen LogP contribution is -1.91. The molecule has 0 aliphatic rings. The molecular formula is C13H14FNO2S. The summed E-state index contributed by atoms with van der Waals surface area (Å²) in [5.41, 5.74) is 1.07. The van der Waals surface area contributed by atoms with Crippen molar-refractivity contribution in [1.82, 2.24) is 4.98 Å². The molecule has 0 fully saturated rings. The third-order valence-electron chi connectivity index (χ3n) is 2.62. The molecule has 0 bridgehead atoms. The molecule has 1 heterocycles. The molecule has 3 nitrogen and oxygen atoms in total. The number of thiazole rings is 1. The molecular weight excluding hydrogens is 253 g/mol. The molecule has 1 unspecified atom stereocenters. The van der Waals surface area contributed by atoms with Gasteiger partial charge in [0.25, 0.3) is 0 Å². The number of hydrogen-bond donors (Lipinski definition) is 1. The zero-order valence-electron chi connectivity index (χ0n) is 10.4. The van der Waals surface area contributed by atoms with Crippen LogP contribution in [-0.2, 0) is 0 Å². The molecule has 1 aromatic carbocycles. The highest BCUT2D eigenvalue weighted by Crippen LogP contribution is 2.37. The minimum absolute atomic E-state index is 0.347. The van der Waals surface area contributed by atoms with E-state index in [9.17, 15) is 9.50 Å². The van der Waals surface area contributed by atoms with Gasteiger partial charge in [0.15, 0.2) is 0 Å². The van der Waals surface area contributed by atoms with Crippen LogP contribution in [0.25, 0.3) is 10.6 Å². The Bertz CT molecular complexity index is 566. The van der Waals surface area contributed by atoms with Gasteiger partial charge in [0.05, 0.1) is 29.3 Å². The largest absolute Gasteiger partial charge is 0.496 e. The minimum Gasteiger partial charge on any atom is -0.496 e. The number of benzene rings is 1. The molecule has 0 aliphatic heterocycles. The third kappa shape index (κ3) is 2.23. The van der Waals surface area contributed by atoms with Gasteiger partial charge in [-0.1, -0.05) is 6.07 Å². The molecule has 1 N–H and O–H groups in total. The first kappa shape index (κ1) is 13.0. The summed E-state index contributed by atoms with van der Waals surface area (Å²) in [4.78, 5) is 5.06. The van der Waals surface area contributed by atoms with Crippen LogP contribution in [0, 0.1) is 12.7 Å². The van der Waals surface area contributed by atoms with Gasteiger partial charge >= 0.3 is 0 Å². The van der Waals surface area contributed by atoms with Crippen LogP contribution < -0.4 is 4.74 Å². The maximum atomic E-state index is 13.9. The summed E-state index contributed by atoms with van der Waals surface area (Å²) in [6, 6.07) is 4.65. The number of aryl methyl sites for hydroxylation is 1. The SMILES string of the molecule is COc1cccc(F)c1-c1nc(C)c(C(C)O)s1. The fraction of sp³-hybridized carbons (Fsp3) is 0.308. The predicted octanol–water partition coefficient (Wildman–Crippen LogP) is 3.32. The highest BCUT2D eigenvalue weighted by Gasteiger charge is 2.19. The van der Waals surface area contributed by atoms with Crippen LogP contribution in [0.3, 0.4) is 0 Å². The molecule has 1 atom stereocenters. The van der Waals surface area contributed by atoms with E-state index in [1.807, 2.05) is 0 Å². The maximum Gasteiger partial charge on any atom is 0.137 e. The van der Waals surface area contributed by atoms with Crippen LogP contribution in [0.2, 0.25) is 0 Å². The monoisotopic (exact) mass is 267 g/mol. The summed E-state index contributed by atoms with van der Waals surface area (Å²) in [5.74, 6) is 0.0705. The topological polar surface area (TPSA) is 42.4 Å². The van der Waals surface area contributed by atoms with Gasteiger partial charge in [-0.2, -0.15) is 0 Å². The Morgan fingerprint density at radius 3 is 2.72 bits per heavy atom. The van der Waals surface area contributed by atoms with Crippen molar-refractivity contribution in [3.05, 3.63) is 34.6 Å². The fourth-order valence-corrected chi connectivity index (χ4v) is 2.84. The van der Waals surface area contributed by atoms with Crippen molar-refractivity contribution in [3.63, 3.8) is 0 Å². The number of methoxy groups -OCH3 is 1. The van der Waals surface area contributed by atoms with Gasteiger partial charge in [0.2, 0.25) is 0 Å². The van der Waals surface area contributed by atoms with Crippen LogP contribution in [0.4, 0.5) is 4.39 Å². The molecule has 5 heteroatoms. The summed E-state index contributed by atoms with van der Waals surface area (Å²) < 4.78 is 19.0. The number of aromatic nitrogens is 1. The Balaban J connectivity index is 2.59. The molecule has 0 saturated carbocycles. The second-order valence-electron chi connectivity index (χ2n) is 3.96. The first-order chi connectivity index (χ1) is 8.54. The number of aliphatic hydroxyl groups is 1. The Kier molecular flexibility index (Phi) is 3.63. The number of halogens is 1. The first-order valence-corrected chi connectivity index (χ1v) is 6.34. The van der Waals surface area contributed by atoms with Crippen molar-refractivity contribution in [2.45, 2.75) is 20.0 Å². The van der Waals surface area contributed by atoms with Crippen LogP contribution >= 0.6 is 11.3 Å². The van der Waals surface area contributed by atoms with E-state index >= 15 is 0 Å². The summed E-state index contributed by atoms with van der Waals surface area (Å²) in [7, 11) is 1.49. The first-order valence-electron chi connectivity index (χ1n) is 5.53. The van der Waals surface area contributed by atoms with Crippen molar-refractivity contribution in [1.29, 1.82) is 0 Å². The van der Waals surface area contributed by atoms with Crippen LogP contribution in [0.5, 0.6) is 5.75 Å². The van der Waals surface area contributed by atoms with Crippen molar-refractivity contribution in [3.8, 4) is 16.3 Å². The average molecular weight is 267 g/mol. The van der Waals surface area contributed by atoms with E-state index in [1.165, 1.54) is 24.5 Å². The molecule has 18 heavy (non-hydrogen) atoms. The predicted molar refractivity (Wildman–Crippen MR) is 69.4 cm³/mol. The second-order valence-corrected chi connectivity index (χ2v) is 4.99. The minimum atomic E-state index is -0.603. The number of hydrogen-bond acceptors (Lipinski definition) is 4. The van der Waals surface area contributed by atoms with E-state index in [0.717, 1.165) is 10.6 Å². The number of ether oxygens (including phenoxy) is 1. The molecule has 0 radical (unpaired) electrons. The van der Waals surface area contributed by atoms with Crippen molar-refractivity contribution < 1.29 is 14.2 Å². The third-order valence-corrected chi connectivity index (χ3v) is 3.97. The quantitative estimate of drug-likeness (QED) is 0.927. The van der Waals surface area contributed by atoms with E-state index in [2.05, 4.69) is 4.98 Å². The van der Waals surface area contributed by atoms with E-state index in [-0.39, 0.29) is 5.82 Å². The van der Waals surface area contributed by atoms with Gasteiger partial charge in [-0.15, -0.1) is 11.3 Å². The summed E-state index contributed by atoms with van der Waals surface area (Å²) in [6.07, 6.45) is -0.603. The van der Waals surface area contributed by atoms with Gasteiger partial charge in [0, 0.05) is 0 Å². The zero-order valence-corrected chi connectivity index (χ0v) is 11.2. The lowest BCUT2D eigenvalue weighted by atomic mass is 10.2. The summed E-state index contributed by atoms with van der Waals surface area (Å²) in [6.45, 7) is 3.47. The molecule has 0 saturated heterocycles. The van der Waals surface area contributed by atoms with Gasteiger partial charge in [-0.05, 0) is 26.0 Å². The average Bonchev–Trinajstić information content (AvgIpc) is 2.70. The molecule has 2 aromatic rings. The highest BCUT2D eigenvalue weighted by molar-refractivity contribution is 7.15. The summed E-state index contributed by atoms with van der Waals surface area (Å²) in [5, 5.41) is 10.1. The van der Waals surface area contributed by atoms with E-state index in [1.54, 1.807) is 26.0 Å².